The summed E-state index contributed by atoms with van der Waals surface area (Å²) in [6.07, 6.45) is 2.60. The van der Waals surface area contributed by atoms with E-state index >= 15 is 0 Å². The van der Waals surface area contributed by atoms with Crippen LogP contribution >= 0.6 is 12.4 Å². The van der Waals surface area contributed by atoms with E-state index in [1.165, 1.54) is 18.4 Å². The predicted molar refractivity (Wildman–Crippen MR) is 87.1 cm³/mol. The Hall–Kier alpha value is -1.26. The summed E-state index contributed by atoms with van der Waals surface area (Å²) in [7, 11) is 0. The lowest BCUT2D eigenvalue weighted by Crippen LogP contribution is -2.42. The fraction of sp³-hybridized carbons (Fsp3) is 0.562. The molecule has 0 spiro atoms. The zero-order chi connectivity index (χ0) is 14.4. The fourth-order valence-corrected chi connectivity index (χ4v) is 2.01. The molecule has 0 heterocycles. The van der Waals surface area contributed by atoms with Crippen molar-refractivity contribution in [3.63, 3.8) is 0 Å². The second-order valence-electron chi connectivity index (χ2n) is 5.67. The molecule has 0 radical (unpaired) electrons. The van der Waals surface area contributed by atoms with Crippen LogP contribution in [0.1, 0.15) is 25.3 Å². The molecule has 0 saturated heterocycles. The first kappa shape index (κ1) is 17.8. The lowest BCUT2D eigenvalue weighted by molar-refractivity contribution is -0.121. The molecule has 118 valence electrons. The summed E-state index contributed by atoms with van der Waals surface area (Å²) in [5, 5.41) is 6.11. The minimum atomic E-state index is 0. The summed E-state index contributed by atoms with van der Waals surface area (Å²) in [5.41, 5.74) is 1.17. The van der Waals surface area contributed by atoms with Crippen LogP contribution in [-0.2, 0) is 4.79 Å². The Kier molecular flexibility index (Phi) is 7.54. The van der Waals surface area contributed by atoms with Gasteiger partial charge in [-0.15, -0.1) is 12.4 Å². The molecule has 2 N–H and O–H groups in total. The standard InChI is InChI=1S/C16H24N2O2.ClH/c1-12-4-3-5-15(8-12)20-11-13(2)18-16(19)10-17-9-14-6-7-14;/h3-5,8,13-14,17H,6-7,9-11H2,1-2H3,(H,18,19);1H. The molecule has 0 aliphatic heterocycles. The molecule has 0 bridgehead atoms. The van der Waals surface area contributed by atoms with Crippen molar-refractivity contribution in [2.45, 2.75) is 32.7 Å². The van der Waals surface area contributed by atoms with Crippen LogP contribution in [-0.4, -0.2) is 31.6 Å². The maximum atomic E-state index is 11.7. The van der Waals surface area contributed by atoms with Gasteiger partial charge in [-0.2, -0.15) is 0 Å². The number of carbonyl (C=O) groups excluding carboxylic acids is 1. The molecule has 4 nitrogen and oxygen atoms in total. The van der Waals surface area contributed by atoms with Crippen LogP contribution in [0.2, 0.25) is 0 Å². The van der Waals surface area contributed by atoms with Crippen LogP contribution in [0.5, 0.6) is 5.75 Å². The number of halogens is 1. The van der Waals surface area contributed by atoms with Crippen molar-refractivity contribution in [2.24, 2.45) is 5.92 Å². The number of hydrogen-bond acceptors (Lipinski definition) is 3. The molecule has 21 heavy (non-hydrogen) atoms. The monoisotopic (exact) mass is 312 g/mol. The molecule has 1 aliphatic carbocycles. The quantitative estimate of drug-likeness (QED) is 0.774. The van der Waals surface area contributed by atoms with E-state index in [0.29, 0.717) is 13.2 Å². The highest BCUT2D eigenvalue weighted by molar-refractivity contribution is 5.85. The maximum absolute atomic E-state index is 11.7. The van der Waals surface area contributed by atoms with Crippen molar-refractivity contribution in [3.8, 4) is 5.75 Å². The highest BCUT2D eigenvalue weighted by Gasteiger charge is 2.20. The number of aryl methyl sites for hydroxylation is 1. The van der Waals surface area contributed by atoms with E-state index in [1.54, 1.807) is 0 Å². The van der Waals surface area contributed by atoms with Gasteiger partial charge < -0.3 is 15.4 Å². The van der Waals surface area contributed by atoms with E-state index < -0.39 is 0 Å². The number of ether oxygens (including phenoxy) is 1. The van der Waals surface area contributed by atoms with Crippen molar-refractivity contribution in [1.29, 1.82) is 0 Å². The molecule has 1 saturated carbocycles. The number of hydrogen-bond donors (Lipinski definition) is 2. The molecule has 5 heteroatoms. The number of carbonyl (C=O) groups is 1. The summed E-state index contributed by atoms with van der Waals surface area (Å²) < 4.78 is 5.67. The highest BCUT2D eigenvalue weighted by atomic mass is 35.5. The van der Waals surface area contributed by atoms with Crippen molar-refractivity contribution in [1.82, 2.24) is 10.6 Å². The van der Waals surface area contributed by atoms with Crippen molar-refractivity contribution < 1.29 is 9.53 Å². The Morgan fingerprint density at radius 2 is 2.19 bits per heavy atom. The largest absolute Gasteiger partial charge is 0.491 e. The SMILES string of the molecule is Cc1cccc(OCC(C)NC(=O)CNCC2CC2)c1.Cl. The van der Waals surface area contributed by atoms with E-state index in [9.17, 15) is 4.79 Å². The first-order chi connectivity index (χ1) is 9.63. The molecule has 1 atom stereocenters. The van der Waals surface area contributed by atoms with Gasteiger partial charge in [0.05, 0.1) is 12.6 Å². The van der Waals surface area contributed by atoms with Gasteiger partial charge in [0, 0.05) is 0 Å². The molecule has 1 aliphatic rings. The summed E-state index contributed by atoms with van der Waals surface area (Å²) in [6, 6.07) is 7.93. The van der Waals surface area contributed by atoms with Crippen molar-refractivity contribution in [3.05, 3.63) is 29.8 Å². The van der Waals surface area contributed by atoms with Gasteiger partial charge in [0.25, 0.3) is 0 Å². The zero-order valence-corrected chi connectivity index (χ0v) is 13.5. The molecule has 1 unspecified atom stereocenters. The Morgan fingerprint density at radius 1 is 1.43 bits per heavy atom. The first-order valence-electron chi connectivity index (χ1n) is 7.33. The Bertz CT molecular complexity index is 450. The van der Waals surface area contributed by atoms with Gasteiger partial charge in [0.15, 0.2) is 0 Å². The second kappa shape index (κ2) is 8.90. The van der Waals surface area contributed by atoms with E-state index in [2.05, 4.69) is 10.6 Å². The number of benzene rings is 1. The third-order valence-corrected chi connectivity index (χ3v) is 3.31. The summed E-state index contributed by atoms with van der Waals surface area (Å²) in [5.74, 6) is 1.67. The molecule has 1 aromatic carbocycles. The Morgan fingerprint density at radius 3 is 2.86 bits per heavy atom. The first-order valence-corrected chi connectivity index (χ1v) is 7.33. The normalized spacial score (nSPS) is 15.0. The molecule has 1 aromatic rings. The fourth-order valence-electron chi connectivity index (χ4n) is 2.01. The predicted octanol–water partition coefficient (Wildman–Crippen LogP) is 2.30. The Balaban J connectivity index is 0.00000220. The molecule has 2 rings (SSSR count). The van der Waals surface area contributed by atoms with Gasteiger partial charge in [-0.25, -0.2) is 0 Å². The molecular formula is C16H25ClN2O2. The molecular weight excluding hydrogens is 288 g/mol. The van der Waals surface area contributed by atoms with E-state index in [4.69, 9.17) is 4.74 Å². The van der Waals surface area contributed by atoms with Gasteiger partial charge in [0.1, 0.15) is 12.4 Å². The van der Waals surface area contributed by atoms with Gasteiger partial charge in [-0.05, 0) is 56.8 Å². The van der Waals surface area contributed by atoms with E-state index in [-0.39, 0.29) is 24.4 Å². The van der Waals surface area contributed by atoms with Crippen LogP contribution in [0.15, 0.2) is 24.3 Å². The summed E-state index contributed by atoms with van der Waals surface area (Å²) >= 11 is 0. The van der Waals surface area contributed by atoms with E-state index in [1.807, 2.05) is 38.1 Å². The number of amides is 1. The van der Waals surface area contributed by atoms with Gasteiger partial charge in [-0.1, -0.05) is 12.1 Å². The number of nitrogens with one attached hydrogen (secondary N) is 2. The molecule has 1 amide bonds. The van der Waals surface area contributed by atoms with Crippen LogP contribution in [0.3, 0.4) is 0 Å². The average Bonchev–Trinajstić information content (AvgIpc) is 3.20. The molecule has 0 aromatic heterocycles. The van der Waals surface area contributed by atoms with Crippen LogP contribution in [0.25, 0.3) is 0 Å². The van der Waals surface area contributed by atoms with Crippen molar-refractivity contribution in [2.75, 3.05) is 19.7 Å². The van der Waals surface area contributed by atoms with Crippen LogP contribution in [0.4, 0.5) is 0 Å². The van der Waals surface area contributed by atoms with Crippen LogP contribution in [0, 0.1) is 12.8 Å². The zero-order valence-electron chi connectivity index (χ0n) is 12.7. The van der Waals surface area contributed by atoms with Gasteiger partial charge in [-0.3, -0.25) is 4.79 Å². The average molecular weight is 313 g/mol. The summed E-state index contributed by atoms with van der Waals surface area (Å²) in [4.78, 5) is 11.7. The lowest BCUT2D eigenvalue weighted by atomic mass is 10.2. The van der Waals surface area contributed by atoms with Gasteiger partial charge >= 0.3 is 0 Å². The third-order valence-electron chi connectivity index (χ3n) is 3.31. The smallest absolute Gasteiger partial charge is 0.234 e. The van der Waals surface area contributed by atoms with Crippen molar-refractivity contribution >= 4 is 18.3 Å². The topological polar surface area (TPSA) is 50.4 Å². The minimum Gasteiger partial charge on any atom is -0.491 e. The van der Waals surface area contributed by atoms with Gasteiger partial charge in [0.2, 0.25) is 5.91 Å². The number of rotatable bonds is 8. The summed E-state index contributed by atoms with van der Waals surface area (Å²) in [6.45, 7) is 5.82. The minimum absolute atomic E-state index is 0. The molecule has 1 fully saturated rings. The lowest BCUT2D eigenvalue weighted by Gasteiger charge is -2.15. The Labute approximate surface area is 133 Å². The second-order valence-corrected chi connectivity index (χ2v) is 5.67. The third kappa shape index (κ3) is 7.34. The van der Waals surface area contributed by atoms with Crippen LogP contribution < -0.4 is 15.4 Å². The van der Waals surface area contributed by atoms with E-state index in [0.717, 1.165) is 18.2 Å². The highest BCUT2D eigenvalue weighted by Crippen LogP contribution is 2.27. The maximum Gasteiger partial charge on any atom is 0.234 e.